The van der Waals surface area contributed by atoms with Crippen molar-refractivity contribution < 1.29 is 20.1 Å². The van der Waals surface area contributed by atoms with Gasteiger partial charge in [0.2, 0.25) is 0 Å². The molecule has 0 saturated heterocycles. The standard InChI is InChI=1S/C18H18O.C3H8O3/c1-3-15-9-5-7-11-17(15)13-19-14-18-12-8-6-10-16(18)4-2;4-1-3(6)2-5/h3-12H,1-2,13-14H2;3-6H,1-2H2. The third kappa shape index (κ3) is 7.45. The lowest BCUT2D eigenvalue weighted by molar-refractivity contribution is 0.0450. The lowest BCUT2D eigenvalue weighted by Crippen LogP contribution is -2.15. The molecule has 0 radical (unpaired) electrons. The van der Waals surface area contributed by atoms with E-state index in [2.05, 4.69) is 25.3 Å². The second-order valence-electron chi connectivity index (χ2n) is 5.32. The van der Waals surface area contributed by atoms with Crippen LogP contribution < -0.4 is 0 Å². The van der Waals surface area contributed by atoms with Crippen LogP contribution in [0.15, 0.2) is 61.7 Å². The molecule has 4 nitrogen and oxygen atoms in total. The molecule has 4 heteroatoms. The molecule has 0 saturated carbocycles. The molecule has 2 aromatic rings. The van der Waals surface area contributed by atoms with E-state index in [1.165, 1.54) is 0 Å². The Morgan fingerprint density at radius 1 is 0.800 bits per heavy atom. The molecule has 134 valence electrons. The molecule has 0 bridgehead atoms. The highest BCUT2D eigenvalue weighted by molar-refractivity contribution is 5.52. The molecule has 2 aromatic carbocycles. The first-order valence-electron chi connectivity index (χ1n) is 8.04. The number of rotatable bonds is 8. The Kier molecular flexibility index (Phi) is 10.1. The van der Waals surface area contributed by atoms with Gasteiger partial charge >= 0.3 is 0 Å². The van der Waals surface area contributed by atoms with Crippen LogP contribution in [0.3, 0.4) is 0 Å². The predicted molar refractivity (Wildman–Crippen MR) is 102 cm³/mol. The summed E-state index contributed by atoms with van der Waals surface area (Å²) in [6.07, 6.45) is 2.76. The monoisotopic (exact) mass is 342 g/mol. The van der Waals surface area contributed by atoms with Crippen LogP contribution in [0.2, 0.25) is 0 Å². The topological polar surface area (TPSA) is 69.9 Å². The molecular formula is C21H26O4. The van der Waals surface area contributed by atoms with Gasteiger partial charge in [-0.1, -0.05) is 73.8 Å². The minimum atomic E-state index is -0.954. The van der Waals surface area contributed by atoms with E-state index in [0.717, 1.165) is 22.3 Å². The number of hydrogen-bond acceptors (Lipinski definition) is 4. The van der Waals surface area contributed by atoms with Crippen LogP contribution in [0.4, 0.5) is 0 Å². The van der Waals surface area contributed by atoms with Crippen molar-refractivity contribution in [2.75, 3.05) is 13.2 Å². The number of benzene rings is 2. The third-order valence-corrected chi connectivity index (χ3v) is 3.49. The van der Waals surface area contributed by atoms with Gasteiger partial charge in [-0.2, -0.15) is 0 Å². The van der Waals surface area contributed by atoms with E-state index in [4.69, 9.17) is 20.1 Å². The maximum atomic E-state index is 8.17. The second kappa shape index (κ2) is 12.2. The van der Waals surface area contributed by atoms with E-state index < -0.39 is 6.10 Å². The van der Waals surface area contributed by atoms with Crippen LogP contribution >= 0.6 is 0 Å². The molecule has 2 rings (SSSR count). The van der Waals surface area contributed by atoms with Gasteiger partial charge in [-0.05, 0) is 22.3 Å². The van der Waals surface area contributed by atoms with Gasteiger partial charge in [0.25, 0.3) is 0 Å². The highest BCUT2D eigenvalue weighted by atomic mass is 16.5. The molecule has 0 spiro atoms. The van der Waals surface area contributed by atoms with Crippen molar-refractivity contribution in [3.8, 4) is 0 Å². The summed E-state index contributed by atoms with van der Waals surface area (Å²) in [4.78, 5) is 0. The van der Waals surface area contributed by atoms with Gasteiger partial charge in [0.1, 0.15) is 6.10 Å². The lowest BCUT2D eigenvalue weighted by atomic mass is 10.1. The molecule has 0 unspecified atom stereocenters. The van der Waals surface area contributed by atoms with Crippen molar-refractivity contribution in [3.05, 3.63) is 83.9 Å². The Balaban J connectivity index is 0.000000450. The Labute approximate surface area is 149 Å². The second-order valence-corrected chi connectivity index (χ2v) is 5.32. The summed E-state index contributed by atoms with van der Waals surface area (Å²) < 4.78 is 5.80. The summed E-state index contributed by atoms with van der Waals surface area (Å²) in [6, 6.07) is 16.3. The van der Waals surface area contributed by atoms with Gasteiger partial charge in [0.15, 0.2) is 0 Å². The van der Waals surface area contributed by atoms with Gasteiger partial charge in [0, 0.05) is 0 Å². The largest absolute Gasteiger partial charge is 0.394 e. The van der Waals surface area contributed by atoms with Gasteiger partial charge in [-0.15, -0.1) is 0 Å². The fourth-order valence-corrected chi connectivity index (χ4v) is 2.06. The van der Waals surface area contributed by atoms with Crippen molar-refractivity contribution in [2.45, 2.75) is 19.3 Å². The average Bonchev–Trinajstić information content (AvgIpc) is 2.68. The molecule has 0 aliphatic carbocycles. The highest BCUT2D eigenvalue weighted by Gasteiger charge is 2.01. The molecule has 0 atom stereocenters. The van der Waals surface area contributed by atoms with Gasteiger partial charge in [0.05, 0.1) is 26.4 Å². The lowest BCUT2D eigenvalue weighted by Gasteiger charge is -2.09. The maximum Gasteiger partial charge on any atom is 0.100 e. The first-order chi connectivity index (χ1) is 12.2. The molecule has 0 aliphatic rings. The summed E-state index contributed by atoms with van der Waals surface area (Å²) in [5.74, 6) is 0. The van der Waals surface area contributed by atoms with Crippen molar-refractivity contribution in [1.82, 2.24) is 0 Å². The van der Waals surface area contributed by atoms with Crippen LogP contribution in [0.1, 0.15) is 22.3 Å². The number of ether oxygens (including phenoxy) is 1. The molecular weight excluding hydrogens is 316 g/mol. The Morgan fingerprint density at radius 2 is 1.20 bits per heavy atom. The smallest absolute Gasteiger partial charge is 0.100 e. The molecule has 0 aliphatic heterocycles. The SMILES string of the molecule is C=Cc1ccccc1COCc1ccccc1C=C.OCC(O)CO. The minimum absolute atomic E-state index is 0.365. The first-order valence-corrected chi connectivity index (χ1v) is 8.04. The minimum Gasteiger partial charge on any atom is -0.394 e. The normalized spacial score (nSPS) is 10.1. The summed E-state index contributed by atoms with van der Waals surface area (Å²) >= 11 is 0. The zero-order valence-corrected chi connectivity index (χ0v) is 14.3. The fraction of sp³-hybridized carbons (Fsp3) is 0.238. The predicted octanol–water partition coefficient (Wildman–Crippen LogP) is 3.02. The average molecular weight is 342 g/mol. The highest BCUT2D eigenvalue weighted by Crippen LogP contribution is 2.15. The maximum absolute atomic E-state index is 8.17. The molecule has 25 heavy (non-hydrogen) atoms. The zero-order valence-electron chi connectivity index (χ0n) is 14.3. The van der Waals surface area contributed by atoms with Gasteiger partial charge < -0.3 is 20.1 Å². The van der Waals surface area contributed by atoms with Crippen LogP contribution in [-0.2, 0) is 18.0 Å². The number of hydrogen-bond donors (Lipinski definition) is 3. The Morgan fingerprint density at radius 3 is 1.52 bits per heavy atom. The Bertz CT molecular complexity index is 596. The van der Waals surface area contributed by atoms with Crippen LogP contribution in [0.5, 0.6) is 0 Å². The molecule has 0 amide bonds. The van der Waals surface area contributed by atoms with Crippen LogP contribution in [0, 0.1) is 0 Å². The summed E-state index contributed by atoms with van der Waals surface area (Å²) in [6.45, 7) is 8.09. The van der Waals surface area contributed by atoms with Gasteiger partial charge in [-0.3, -0.25) is 0 Å². The van der Waals surface area contributed by atoms with Crippen molar-refractivity contribution in [3.63, 3.8) is 0 Å². The molecule has 3 N–H and O–H groups in total. The fourth-order valence-electron chi connectivity index (χ4n) is 2.06. The molecule has 0 fully saturated rings. The van der Waals surface area contributed by atoms with E-state index in [-0.39, 0.29) is 13.2 Å². The number of aliphatic hydroxyl groups excluding tert-OH is 3. The zero-order chi connectivity index (χ0) is 18.5. The summed E-state index contributed by atoms with van der Waals surface area (Å²) in [5, 5.41) is 24.0. The van der Waals surface area contributed by atoms with E-state index >= 15 is 0 Å². The first kappa shape index (κ1) is 20.8. The van der Waals surface area contributed by atoms with Crippen molar-refractivity contribution >= 4 is 12.2 Å². The quantitative estimate of drug-likeness (QED) is 0.690. The van der Waals surface area contributed by atoms with E-state index in [1.54, 1.807) is 0 Å². The summed E-state index contributed by atoms with van der Waals surface area (Å²) in [7, 11) is 0. The Hall–Kier alpha value is -2.24. The van der Waals surface area contributed by atoms with Crippen molar-refractivity contribution in [2.24, 2.45) is 0 Å². The molecule has 0 aromatic heterocycles. The molecule has 0 heterocycles. The van der Waals surface area contributed by atoms with Gasteiger partial charge in [-0.25, -0.2) is 0 Å². The number of aliphatic hydroxyl groups is 3. The van der Waals surface area contributed by atoms with E-state index in [0.29, 0.717) is 13.2 Å². The van der Waals surface area contributed by atoms with Crippen LogP contribution in [-0.4, -0.2) is 34.6 Å². The van der Waals surface area contributed by atoms with Crippen molar-refractivity contribution in [1.29, 1.82) is 0 Å². The third-order valence-electron chi connectivity index (χ3n) is 3.49. The summed E-state index contributed by atoms with van der Waals surface area (Å²) in [5.41, 5.74) is 4.57. The van der Waals surface area contributed by atoms with E-state index in [9.17, 15) is 0 Å². The van der Waals surface area contributed by atoms with Crippen LogP contribution in [0.25, 0.3) is 12.2 Å². The van der Waals surface area contributed by atoms with E-state index in [1.807, 2.05) is 48.6 Å².